The predicted octanol–water partition coefficient (Wildman–Crippen LogP) is 3.83. The maximum atomic E-state index is 13.1. The van der Waals surface area contributed by atoms with Gasteiger partial charge in [0.05, 0.1) is 17.3 Å². The third-order valence-corrected chi connectivity index (χ3v) is 5.22. The van der Waals surface area contributed by atoms with E-state index in [1.54, 1.807) is 0 Å². The summed E-state index contributed by atoms with van der Waals surface area (Å²) in [4.78, 5) is 19.6. The van der Waals surface area contributed by atoms with Gasteiger partial charge in [0, 0.05) is 24.2 Å². The first kappa shape index (κ1) is 16.8. The van der Waals surface area contributed by atoms with Crippen molar-refractivity contribution in [1.82, 2.24) is 19.7 Å². The smallest absolute Gasteiger partial charge is 0.272 e. The largest absolute Gasteiger partial charge is 0.335 e. The van der Waals surface area contributed by atoms with E-state index in [1.165, 1.54) is 0 Å². The van der Waals surface area contributed by atoms with Crippen LogP contribution >= 0.6 is 0 Å². The molecule has 0 spiro atoms. The first-order valence-corrected chi connectivity index (χ1v) is 9.21. The maximum absolute atomic E-state index is 13.1. The lowest BCUT2D eigenvalue weighted by Crippen LogP contribution is -2.41. The number of fused-ring (bicyclic) bond motifs is 1. The van der Waals surface area contributed by atoms with Crippen molar-refractivity contribution < 1.29 is 4.79 Å². The van der Waals surface area contributed by atoms with Gasteiger partial charge < -0.3 is 4.90 Å². The highest BCUT2D eigenvalue weighted by atomic mass is 16.2. The van der Waals surface area contributed by atoms with E-state index in [2.05, 4.69) is 27.8 Å². The molecule has 1 aliphatic rings. The number of aryl methyl sites for hydroxylation is 3. The molecule has 0 unspecified atom stereocenters. The van der Waals surface area contributed by atoms with Crippen molar-refractivity contribution in [1.29, 1.82) is 0 Å². The van der Waals surface area contributed by atoms with Gasteiger partial charge in [-0.25, -0.2) is 4.98 Å². The number of amides is 1. The average molecular weight is 348 g/mol. The fraction of sp³-hybridized carbons (Fsp3) is 0.381. The molecular weight excluding hydrogens is 324 g/mol. The summed E-state index contributed by atoms with van der Waals surface area (Å²) in [5.74, 6) is 0.0186. The number of carbonyl (C=O) groups is 1. The van der Waals surface area contributed by atoms with Gasteiger partial charge in [0.15, 0.2) is 0 Å². The van der Waals surface area contributed by atoms with E-state index in [1.807, 2.05) is 49.1 Å². The molecule has 0 aliphatic carbocycles. The Morgan fingerprint density at radius 1 is 1.15 bits per heavy atom. The SMILES string of the molecule is Cc1cc(C)n([C@H]2CCCN(C(=O)c3cc(C)c4ccccc4n3)C2)n1. The predicted molar refractivity (Wildman–Crippen MR) is 102 cm³/mol. The van der Waals surface area contributed by atoms with Crippen molar-refractivity contribution in [3.63, 3.8) is 0 Å². The molecule has 1 aliphatic heterocycles. The van der Waals surface area contributed by atoms with Crippen LogP contribution in [0.3, 0.4) is 0 Å². The summed E-state index contributed by atoms with van der Waals surface area (Å²) in [6, 6.07) is 12.2. The Hall–Kier alpha value is -2.69. The van der Waals surface area contributed by atoms with Gasteiger partial charge >= 0.3 is 0 Å². The second kappa shape index (κ2) is 6.56. The molecule has 5 heteroatoms. The van der Waals surface area contributed by atoms with Gasteiger partial charge in [0.25, 0.3) is 5.91 Å². The van der Waals surface area contributed by atoms with Crippen LogP contribution in [0.2, 0.25) is 0 Å². The number of likely N-dealkylation sites (tertiary alicyclic amines) is 1. The summed E-state index contributed by atoms with van der Waals surface area (Å²) >= 11 is 0. The van der Waals surface area contributed by atoms with Crippen LogP contribution in [0, 0.1) is 20.8 Å². The Labute approximate surface area is 153 Å². The molecule has 0 radical (unpaired) electrons. The molecule has 134 valence electrons. The molecule has 3 aromatic rings. The molecule has 0 bridgehead atoms. The number of aromatic nitrogens is 3. The molecule has 26 heavy (non-hydrogen) atoms. The van der Waals surface area contributed by atoms with Gasteiger partial charge in [-0.2, -0.15) is 5.10 Å². The van der Waals surface area contributed by atoms with E-state index < -0.39 is 0 Å². The number of hydrogen-bond donors (Lipinski definition) is 0. The number of para-hydroxylation sites is 1. The third kappa shape index (κ3) is 2.98. The van der Waals surface area contributed by atoms with Crippen LogP contribution in [0.25, 0.3) is 10.9 Å². The monoisotopic (exact) mass is 348 g/mol. The molecular formula is C21H24N4O. The molecule has 1 saturated heterocycles. The van der Waals surface area contributed by atoms with Gasteiger partial charge in [-0.05, 0) is 57.4 Å². The third-order valence-electron chi connectivity index (χ3n) is 5.22. The zero-order valence-electron chi connectivity index (χ0n) is 15.6. The molecule has 1 fully saturated rings. The molecule has 0 N–H and O–H groups in total. The Kier molecular flexibility index (Phi) is 4.23. The summed E-state index contributed by atoms with van der Waals surface area (Å²) in [5.41, 5.74) is 4.68. The topological polar surface area (TPSA) is 51.0 Å². The van der Waals surface area contributed by atoms with Gasteiger partial charge in [0.2, 0.25) is 0 Å². The van der Waals surface area contributed by atoms with Gasteiger partial charge in [0.1, 0.15) is 5.69 Å². The van der Waals surface area contributed by atoms with Crippen molar-refractivity contribution in [3.8, 4) is 0 Å². The minimum Gasteiger partial charge on any atom is -0.335 e. The number of benzene rings is 1. The molecule has 5 nitrogen and oxygen atoms in total. The van der Waals surface area contributed by atoms with E-state index in [9.17, 15) is 4.79 Å². The van der Waals surface area contributed by atoms with E-state index in [0.717, 1.165) is 47.2 Å². The van der Waals surface area contributed by atoms with Crippen LogP contribution in [0.15, 0.2) is 36.4 Å². The molecule has 3 heterocycles. The lowest BCUT2D eigenvalue weighted by Gasteiger charge is -2.33. The fourth-order valence-electron chi connectivity index (χ4n) is 3.98. The fourth-order valence-corrected chi connectivity index (χ4v) is 3.98. The summed E-state index contributed by atoms with van der Waals surface area (Å²) < 4.78 is 2.08. The van der Waals surface area contributed by atoms with Crippen molar-refractivity contribution >= 4 is 16.8 Å². The molecule has 2 aromatic heterocycles. The molecule has 4 rings (SSSR count). The van der Waals surface area contributed by atoms with Crippen LogP contribution in [0.4, 0.5) is 0 Å². The summed E-state index contributed by atoms with van der Waals surface area (Å²) in [7, 11) is 0. The maximum Gasteiger partial charge on any atom is 0.272 e. The standard InChI is InChI=1S/C21H24N4O/c1-14-11-20(22-19-9-5-4-8-18(14)19)21(26)24-10-6-7-17(13-24)25-16(3)12-15(2)23-25/h4-5,8-9,11-12,17H,6-7,10,13H2,1-3H3/t17-/m0/s1. The lowest BCUT2D eigenvalue weighted by molar-refractivity contribution is 0.0666. The molecule has 1 amide bonds. The molecule has 0 saturated carbocycles. The minimum atomic E-state index is 0.0186. The number of rotatable bonds is 2. The normalized spacial score (nSPS) is 17.7. The Bertz CT molecular complexity index is 975. The number of pyridine rings is 1. The van der Waals surface area contributed by atoms with Gasteiger partial charge in [-0.1, -0.05) is 18.2 Å². The highest BCUT2D eigenvalue weighted by Crippen LogP contribution is 2.25. The van der Waals surface area contributed by atoms with Gasteiger partial charge in [-0.15, -0.1) is 0 Å². The highest BCUT2D eigenvalue weighted by molar-refractivity contribution is 5.96. The van der Waals surface area contributed by atoms with E-state index >= 15 is 0 Å². The second-order valence-electron chi connectivity index (χ2n) is 7.26. The van der Waals surface area contributed by atoms with Crippen LogP contribution in [0.5, 0.6) is 0 Å². The lowest BCUT2D eigenvalue weighted by atomic mass is 10.0. The summed E-state index contributed by atoms with van der Waals surface area (Å²) in [6.45, 7) is 7.60. The highest BCUT2D eigenvalue weighted by Gasteiger charge is 2.27. The van der Waals surface area contributed by atoms with Crippen molar-refractivity contribution in [2.24, 2.45) is 0 Å². The summed E-state index contributed by atoms with van der Waals surface area (Å²) in [5, 5.41) is 5.72. The number of carbonyl (C=O) groups excluding carboxylic acids is 1. The Morgan fingerprint density at radius 3 is 2.73 bits per heavy atom. The Morgan fingerprint density at radius 2 is 1.96 bits per heavy atom. The van der Waals surface area contributed by atoms with Crippen LogP contribution in [0.1, 0.15) is 46.3 Å². The van der Waals surface area contributed by atoms with Crippen molar-refractivity contribution in [3.05, 3.63) is 59.0 Å². The average Bonchev–Trinajstić information content (AvgIpc) is 2.99. The second-order valence-corrected chi connectivity index (χ2v) is 7.26. The molecule has 1 aromatic carbocycles. The van der Waals surface area contributed by atoms with Crippen molar-refractivity contribution in [2.75, 3.05) is 13.1 Å². The summed E-state index contributed by atoms with van der Waals surface area (Å²) in [6.07, 6.45) is 2.04. The first-order chi connectivity index (χ1) is 12.5. The van der Waals surface area contributed by atoms with E-state index in [0.29, 0.717) is 12.2 Å². The number of piperidine rings is 1. The number of hydrogen-bond acceptors (Lipinski definition) is 3. The van der Waals surface area contributed by atoms with Crippen LogP contribution in [-0.4, -0.2) is 38.7 Å². The van der Waals surface area contributed by atoms with Gasteiger partial charge in [-0.3, -0.25) is 9.48 Å². The molecule has 1 atom stereocenters. The van der Waals surface area contributed by atoms with Crippen molar-refractivity contribution in [2.45, 2.75) is 39.7 Å². The number of nitrogens with zero attached hydrogens (tertiary/aromatic N) is 4. The Balaban J connectivity index is 1.61. The quantitative estimate of drug-likeness (QED) is 0.707. The zero-order valence-corrected chi connectivity index (χ0v) is 15.6. The van der Waals surface area contributed by atoms with E-state index in [4.69, 9.17) is 0 Å². The van der Waals surface area contributed by atoms with E-state index in [-0.39, 0.29) is 11.9 Å². The first-order valence-electron chi connectivity index (χ1n) is 9.21. The van der Waals surface area contributed by atoms with Crippen LogP contribution < -0.4 is 0 Å². The minimum absolute atomic E-state index is 0.0186. The zero-order chi connectivity index (χ0) is 18.3. The van der Waals surface area contributed by atoms with Crippen LogP contribution in [-0.2, 0) is 0 Å².